The molecule has 1 atom stereocenters. The Morgan fingerprint density at radius 2 is 2.00 bits per heavy atom. The van der Waals surface area contributed by atoms with E-state index in [2.05, 4.69) is 31.1 Å². The van der Waals surface area contributed by atoms with Gasteiger partial charge in [0.05, 0.1) is 15.2 Å². The molecule has 108 valence electrons. The molecule has 0 aliphatic carbocycles. The van der Waals surface area contributed by atoms with Crippen molar-refractivity contribution in [2.75, 3.05) is 19.4 Å². The standard InChI is InChI=1S/C15H21N3OS/c1-9(2)10(3)14-17-12-7-6-11(8-13(12)20-14)16-15(19)18(4)5/h6-10H,1-5H3,(H,16,19). The highest BCUT2D eigenvalue weighted by atomic mass is 32.1. The number of carbonyl (C=O) groups is 1. The van der Waals surface area contributed by atoms with Crippen molar-refractivity contribution in [2.24, 2.45) is 5.92 Å². The van der Waals surface area contributed by atoms with Gasteiger partial charge in [-0.05, 0) is 24.1 Å². The van der Waals surface area contributed by atoms with Crippen LogP contribution in [0.3, 0.4) is 0 Å². The van der Waals surface area contributed by atoms with E-state index < -0.39 is 0 Å². The summed E-state index contributed by atoms with van der Waals surface area (Å²) in [7, 11) is 3.45. The highest BCUT2D eigenvalue weighted by Crippen LogP contribution is 2.32. The molecule has 1 N–H and O–H groups in total. The number of rotatable bonds is 3. The number of anilines is 1. The van der Waals surface area contributed by atoms with Crippen molar-refractivity contribution in [3.05, 3.63) is 23.2 Å². The van der Waals surface area contributed by atoms with E-state index in [1.165, 1.54) is 4.90 Å². The number of amides is 2. The van der Waals surface area contributed by atoms with Gasteiger partial charge in [0.1, 0.15) is 0 Å². The fourth-order valence-corrected chi connectivity index (χ4v) is 2.97. The Labute approximate surface area is 123 Å². The zero-order chi connectivity index (χ0) is 14.9. The number of hydrogen-bond donors (Lipinski definition) is 1. The van der Waals surface area contributed by atoms with Crippen molar-refractivity contribution >= 4 is 33.3 Å². The lowest BCUT2D eigenvalue weighted by Crippen LogP contribution is -2.27. The SMILES string of the molecule is CC(C)C(C)c1nc2ccc(NC(=O)N(C)C)cc2s1. The topological polar surface area (TPSA) is 45.2 Å². The Bertz CT molecular complexity index is 619. The van der Waals surface area contributed by atoms with Crippen molar-refractivity contribution < 1.29 is 4.79 Å². The molecule has 0 fully saturated rings. The number of nitrogens with one attached hydrogen (secondary N) is 1. The van der Waals surface area contributed by atoms with E-state index in [1.54, 1.807) is 25.4 Å². The lowest BCUT2D eigenvalue weighted by atomic mass is 9.99. The number of carbonyl (C=O) groups excluding carboxylic acids is 1. The molecule has 2 aromatic rings. The summed E-state index contributed by atoms with van der Waals surface area (Å²) < 4.78 is 1.11. The third kappa shape index (κ3) is 3.10. The summed E-state index contributed by atoms with van der Waals surface area (Å²) in [6.07, 6.45) is 0. The number of fused-ring (bicyclic) bond motifs is 1. The zero-order valence-corrected chi connectivity index (χ0v) is 13.4. The molecule has 5 heteroatoms. The summed E-state index contributed by atoms with van der Waals surface area (Å²) in [4.78, 5) is 17.9. The van der Waals surface area contributed by atoms with Gasteiger partial charge in [-0.3, -0.25) is 0 Å². The highest BCUT2D eigenvalue weighted by molar-refractivity contribution is 7.18. The first-order chi connectivity index (χ1) is 9.38. The number of thiazole rings is 1. The molecule has 1 unspecified atom stereocenters. The van der Waals surface area contributed by atoms with Crippen LogP contribution < -0.4 is 5.32 Å². The van der Waals surface area contributed by atoms with Gasteiger partial charge in [-0.15, -0.1) is 11.3 Å². The number of hydrogen-bond acceptors (Lipinski definition) is 3. The summed E-state index contributed by atoms with van der Waals surface area (Å²) in [6, 6.07) is 5.73. The number of aromatic nitrogens is 1. The van der Waals surface area contributed by atoms with Crippen molar-refractivity contribution in [1.82, 2.24) is 9.88 Å². The average Bonchev–Trinajstić information content (AvgIpc) is 2.80. The maximum absolute atomic E-state index is 11.7. The lowest BCUT2D eigenvalue weighted by molar-refractivity contribution is 0.230. The molecule has 1 aromatic carbocycles. The Morgan fingerprint density at radius 1 is 1.30 bits per heavy atom. The zero-order valence-electron chi connectivity index (χ0n) is 12.6. The van der Waals surface area contributed by atoms with E-state index in [0.29, 0.717) is 11.8 Å². The van der Waals surface area contributed by atoms with E-state index in [-0.39, 0.29) is 6.03 Å². The van der Waals surface area contributed by atoms with Gasteiger partial charge in [0.2, 0.25) is 0 Å². The largest absolute Gasteiger partial charge is 0.331 e. The van der Waals surface area contributed by atoms with E-state index >= 15 is 0 Å². The first kappa shape index (κ1) is 14.8. The molecule has 0 aliphatic heterocycles. The molecule has 20 heavy (non-hydrogen) atoms. The summed E-state index contributed by atoms with van der Waals surface area (Å²) in [5.74, 6) is 1.02. The number of benzene rings is 1. The smallest absolute Gasteiger partial charge is 0.321 e. The molecular weight excluding hydrogens is 270 g/mol. The van der Waals surface area contributed by atoms with Crippen molar-refractivity contribution in [1.29, 1.82) is 0 Å². The Morgan fingerprint density at radius 3 is 2.60 bits per heavy atom. The molecule has 2 rings (SSSR count). The molecule has 2 amide bonds. The minimum atomic E-state index is -0.121. The monoisotopic (exact) mass is 291 g/mol. The molecule has 1 aromatic heterocycles. The molecule has 0 saturated heterocycles. The second-order valence-corrected chi connectivity index (χ2v) is 6.65. The Hall–Kier alpha value is -1.62. The van der Waals surface area contributed by atoms with Gasteiger partial charge >= 0.3 is 6.03 Å². The van der Waals surface area contributed by atoms with Crippen LogP contribution in [0, 0.1) is 5.92 Å². The maximum atomic E-state index is 11.7. The van der Waals surface area contributed by atoms with Crippen LogP contribution in [0.1, 0.15) is 31.7 Å². The minimum absolute atomic E-state index is 0.121. The number of nitrogens with zero attached hydrogens (tertiary/aromatic N) is 2. The quantitative estimate of drug-likeness (QED) is 0.923. The second kappa shape index (κ2) is 5.79. The maximum Gasteiger partial charge on any atom is 0.321 e. The Kier molecular flexibility index (Phi) is 4.28. The first-order valence-electron chi connectivity index (χ1n) is 6.77. The van der Waals surface area contributed by atoms with Crippen molar-refractivity contribution in [3.63, 3.8) is 0 Å². The van der Waals surface area contributed by atoms with Gasteiger partial charge in [0, 0.05) is 25.7 Å². The summed E-state index contributed by atoms with van der Waals surface area (Å²) in [5, 5.41) is 4.02. The molecule has 0 aliphatic rings. The average molecular weight is 291 g/mol. The molecule has 0 radical (unpaired) electrons. The van der Waals surface area contributed by atoms with Crippen LogP contribution in [0.25, 0.3) is 10.2 Å². The fourth-order valence-electron chi connectivity index (χ4n) is 1.74. The Balaban J connectivity index is 2.28. The van der Waals surface area contributed by atoms with Crippen LogP contribution >= 0.6 is 11.3 Å². The van der Waals surface area contributed by atoms with Crippen LogP contribution in [0.2, 0.25) is 0 Å². The lowest BCUT2D eigenvalue weighted by Gasteiger charge is -2.11. The van der Waals surface area contributed by atoms with Gasteiger partial charge in [0.15, 0.2) is 0 Å². The molecule has 0 saturated carbocycles. The van der Waals surface area contributed by atoms with E-state index in [9.17, 15) is 4.79 Å². The van der Waals surface area contributed by atoms with Crippen LogP contribution in [-0.2, 0) is 0 Å². The van der Waals surface area contributed by atoms with Gasteiger partial charge in [-0.1, -0.05) is 20.8 Å². The minimum Gasteiger partial charge on any atom is -0.331 e. The van der Waals surface area contributed by atoms with Crippen LogP contribution in [0.4, 0.5) is 10.5 Å². The molecular formula is C15H21N3OS. The van der Waals surface area contributed by atoms with Gasteiger partial charge < -0.3 is 10.2 Å². The van der Waals surface area contributed by atoms with Crippen LogP contribution in [0.5, 0.6) is 0 Å². The van der Waals surface area contributed by atoms with Gasteiger partial charge in [0.25, 0.3) is 0 Å². The van der Waals surface area contributed by atoms with Crippen LogP contribution in [-0.4, -0.2) is 30.0 Å². The van der Waals surface area contributed by atoms with E-state index in [4.69, 9.17) is 0 Å². The van der Waals surface area contributed by atoms with Crippen molar-refractivity contribution in [2.45, 2.75) is 26.7 Å². The molecule has 0 bridgehead atoms. The van der Waals surface area contributed by atoms with E-state index in [0.717, 1.165) is 20.9 Å². The number of urea groups is 1. The van der Waals surface area contributed by atoms with Crippen molar-refractivity contribution in [3.8, 4) is 0 Å². The molecule has 1 heterocycles. The third-order valence-electron chi connectivity index (χ3n) is 3.45. The molecule has 4 nitrogen and oxygen atoms in total. The predicted octanol–water partition coefficient (Wildman–Crippen LogP) is 4.15. The normalized spacial score (nSPS) is 12.7. The third-order valence-corrected chi connectivity index (χ3v) is 4.67. The second-order valence-electron chi connectivity index (χ2n) is 5.59. The fraction of sp³-hybridized carbons (Fsp3) is 0.467. The predicted molar refractivity (Wildman–Crippen MR) is 85.6 cm³/mol. The first-order valence-corrected chi connectivity index (χ1v) is 7.59. The molecule has 0 spiro atoms. The van der Waals surface area contributed by atoms with E-state index in [1.807, 2.05) is 18.2 Å². The van der Waals surface area contributed by atoms with Crippen LogP contribution in [0.15, 0.2) is 18.2 Å². The summed E-state index contributed by atoms with van der Waals surface area (Å²) in [6.45, 7) is 6.62. The summed E-state index contributed by atoms with van der Waals surface area (Å²) >= 11 is 1.71. The summed E-state index contributed by atoms with van der Waals surface area (Å²) in [5.41, 5.74) is 1.81. The highest BCUT2D eigenvalue weighted by Gasteiger charge is 2.15. The van der Waals surface area contributed by atoms with Gasteiger partial charge in [-0.2, -0.15) is 0 Å². The van der Waals surface area contributed by atoms with Gasteiger partial charge in [-0.25, -0.2) is 9.78 Å².